The molecule has 1 fully saturated rings. The smallest absolute Gasteiger partial charge is 0.326 e. The number of aromatic amines is 2. The van der Waals surface area contributed by atoms with Gasteiger partial charge in [0, 0.05) is 86.2 Å². The Morgan fingerprint density at radius 1 is 0.600 bits per heavy atom. The number of likely N-dealkylation sites (tertiary alicyclic amines) is 1. The quantitative estimate of drug-likeness (QED) is 0.0226. The predicted octanol–water partition coefficient (Wildman–Crippen LogP) is 5.10. The van der Waals surface area contributed by atoms with Crippen LogP contribution in [0, 0.1) is 0 Å². The van der Waals surface area contributed by atoms with E-state index in [9.17, 15) is 53.4 Å². The number of ether oxygens (including phenoxy) is 1. The van der Waals surface area contributed by atoms with Crippen molar-refractivity contribution in [3.8, 4) is 0 Å². The van der Waals surface area contributed by atoms with Crippen LogP contribution >= 0.6 is 11.6 Å². The molecular weight excluding hydrogens is 1430 g/mol. The minimum atomic E-state index is -1.77. The molecule has 1 saturated heterocycles. The van der Waals surface area contributed by atoms with Gasteiger partial charge in [-0.2, -0.15) is 0 Å². The lowest BCUT2D eigenvalue weighted by molar-refractivity contribution is -0.151. The van der Waals surface area contributed by atoms with Crippen molar-refractivity contribution in [2.45, 2.75) is 139 Å². The average Bonchev–Trinajstić information content (AvgIpc) is 0.923. The number of unbranched alkanes of at least 4 members (excludes halogenated alkanes) is 1. The van der Waals surface area contributed by atoms with E-state index in [-0.39, 0.29) is 38.6 Å². The average molecular weight is 1530 g/mol. The van der Waals surface area contributed by atoms with Crippen molar-refractivity contribution in [3.05, 3.63) is 215 Å². The fourth-order valence-corrected chi connectivity index (χ4v) is 13.8. The van der Waals surface area contributed by atoms with Gasteiger partial charge in [0.05, 0.1) is 32.2 Å². The van der Waals surface area contributed by atoms with Crippen molar-refractivity contribution in [2.75, 3.05) is 47.4 Å². The fraction of sp³-hybridized carbons (Fsp3) is 0.358. The Labute approximate surface area is 641 Å². The Hall–Kier alpha value is -11.8. The summed E-state index contributed by atoms with van der Waals surface area (Å²) in [6, 6.07) is 36.7. The number of carboxylic acids is 2. The van der Waals surface area contributed by atoms with Gasteiger partial charge in [-0.1, -0.05) is 171 Å². The molecule has 6 aromatic carbocycles. The van der Waals surface area contributed by atoms with Crippen molar-refractivity contribution in [3.63, 3.8) is 0 Å². The van der Waals surface area contributed by atoms with Gasteiger partial charge in [-0.05, 0) is 90.8 Å². The summed E-state index contributed by atoms with van der Waals surface area (Å²) in [5.74, 6) is -10.8. The number of amides is 10. The number of H-pyrrole nitrogens is 2. The van der Waals surface area contributed by atoms with Gasteiger partial charge >= 0.3 is 11.9 Å². The summed E-state index contributed by atoms with van der Waals surface area (Å²) in [6.07, 6.45) is 3.83. The molecule has 3 heterocycles. The van der Waals surface area contributed by atoms with Gasteiger partial charge in [-0.3, -0.25) is 52.7 Å². The lowest BCUT2D eigenvalue weighted by Gasteiger charge is -2.37. The first kappa shape index (κ1) is 82.3. The van der Waals surface area contributed by atoms with Crippen molar-refractivity contribution in [1.29, 1.82) is 0 Å². The number of aliphatic carboxylic acids is 2. The Balaban J connectivity index is 0.990. The van der Waals surface area contributed by atoms with Crippen LogP contribution in [-0.2, 0) is 87.1 Å². The molecule has 1 aliphatic rings. The van der Waals surface area contributed by atoms with E-state index >= 15 is 14.4 Å². The molecule has 9 atom stereocenters. The van der Waals surface area contributed by atoms with Gasteiger partial charge in [0.1, 0.15) is 53.9 Å². The third kappa shape index (κ3) is 20.7. The van der Waals surface area contributed by atoms with Crippen LogP contribution in [0.2, 0.25) is 5.02 Å². The molecule has 110 heavy (non-hydrogen) atoms. The number of carboxylic acid groups (broad SMARTS) is 2. The van der Waals surface area contributed by atoms with Gasteiger partial charge in [-0.15, -0.1) is 0 Å². The molecule has 580 valence electrons. The van der Waals surface area contributed by atoms with Crippen LogP contribution in [0.15, 0.2) is 176 Å². The van der Waals surface area contributed by atoms with Crippen LogP contribution in [0.25, 0.3) is 21.8 Å². The maximum absolute atomic E-state index is 15.7. The summed E-state index contributed by atoms with van der Waals surface area (Å²) in [6.45, 7) is 2.89. The topological polar surface area (TPSA) is 397 Å². The monoisotopic (exact) mass is 1520 g/mol. The lowest BCUT2D eigenvalue weighted by Crippen LogP contribution is -2.60. The first-order chi connectivity index (χ1) is 52.7. The Bertz CT molecular complexity index is 4500. The third-order valence-corrected chi connectivity index (χ3v) is 20.0. The summed E-state index contributed by atoms with van der Waals surface area (Å²) < 4.78 is 7.19. The van der Waals surface area contributed by atoms with Crippen LogP contribution in [-0.4, -0.2) is 213 Å². The molecule has 0 aliphatic carbocycles. The molecule has 28 nitrogen and oxygen atoms in total. The highest BCUT2D eigenvalue weighted by Crippen LogP contribution is 2.41. The van der Waals surface area contributed by atoms with Gasteiger partial charge < -0.3 is 82.2 Å². The standard InChI is InChI=1S/C81H94ClN13O15/c1-7-8-34-62(87-75(103)63(88-72(100)49(2)83)41-52-44-84-60-35-20-18-32-58(52)60)74(102)89-64(42-53-45-85-61-36-21-19-33-59(53)61)76(104)91-66(48-110-81(54-25-12-9-13-26-54,55-27-14-10-15-28-55)56-29-16-11-17-30-56)73(101)86-46-69(96)93(5)50(3)78(106)94(6)68(40-51-24-22-31-57(82)39-51)79(107)92(4)47-70(97)95-38-23-37-67(95)77(105)90-65(80(108)109)43-71(98)99/h9-22,24-33,35-36,39,44-45,49-50,62-68,84-85H,7-8,23,34,37-38,40-43,46-48,83H2,1-6H3,(H,86,101)(H,87,103)(H,88,100)(H,89,102)(H,90,105)(H,91,104)(H,98,99)(H,108,109)/t49-,50-,62-,63-,64-,65-,66-,67-,68-/m0/s1. The number of hydrogen-bond donors (Lipinski definition) is 11. The van der Waals surface area contributed by atoms with Crippen molar-refractivity contribution >= 4 is 104 Å². The molecule has 0 unspecified atom stereocenters. The summed E-state index contributed by atoms with van der Waals surface area (Å²) in [5.41, 5.74) is 9.78. The largest absolute Gasteiger partial charge is 0.481 e. The highest BCUT2D eigenvalue weighted by molar-refractivity contribution is 6.30. The highest BCUT2D eigenvalue weighted by Gasteiger charge is 2.43. The predicted molar refractivity (Wildman–Crippen MR) is 411 cm³/mol. The minimum absolute atomic E-state index is 0.0133. The van der Waals surface area contributed by atoms with E-state index in [1.54, 1.807) is 36.7 Å². The number of nitrogens with two attached hydrogens (primary N) is 1. The second-order valence-electron chi connectivity index (χ2n) is 27.5. The van der Waals surface area contributed by atoms with E-state index in [2.05, 4.69) is 41.9 Å². The minimum Gasteiger partial charge on any atom is -0.481 e. The summed E-state index contributed by atoms with van der Waals surface area (Å²) in [5, 5.41) is 37.0. The molecule has 1 aliphatic heterocycles. The van der Waals surface area contributed by atoms with Gasteiger partial charge in [0.15, 0.2) is 0 Å². The second kappa shape index (κ2) is 38.4. The molecule has 10 amide bonds. The summed E-state index contributed by atoms with van der Waals surface area (Å²) in [7, 11) is 3.98. The number of fused-ring (bicyclic) bond motifs is 2. The molecule has 29 heteroatoms. The number of carbonyl (C=O) groups is 12. The molecule has 8 aromatic rings. The Morgan fingerprint density at radius 2 is 1.11 bits per heavy atom. The van der Waals surface area contributed by atoms with Crippen LogP contribution < -0.4 is 37.6 Å². The van der Waals surface area contributed by atoms with E-state index in [0.717, 1.165) is 36.5 Å². The SMILES string of the molecule is CCCC[C@H](NC(=O)[C@H](Cc1c[nH]c2ccccc12)NC(=O)[C@H](C)N)C(=O)N[C@@H](Cc1c[nH]c2ccccc12)C(=O)N[C@@H](COC(c1ccccc1)(c1ccccc1)c1ccccc1)C(=O)NCC(=O)N(C)[C@@H](C)C(=O)N(C)[C@@H](Cc1cccc(Cl)c1)C(=O)N(C)CC(=O)N1CCC[C@H]1C(=O)N[C@@H](CC(=O)O)C(=O)O. The van der Waals surface area contributed by atoms with E-state index in [1.165, 1.54) is 39.9 Å². The van der Waals surface area contributed by atoms with Crippen molar-refractivity contribution in [1.82, 2.24) is 61.5 Å². The third-order valence-electron chi connectivity index (χ3n) is 19.8. The highest BCUT2D eigenvalue weighted by atomic mass is 35.5. The zero-order valence-corrected chi connectivity index (χ0v) is 62.8. The normalized spacial score (nSPS) is 14.9. The Kier molecular flexibility index (Phi) is 28.7. The van der Waals surface area contributed by atoms with Gasteiger partial charge in [0.2, 0.25) is 59.1 Å². The zero-order chi connectivity index (χ0) is 79.3. The number of halogens is 1. The van der Waals surface area contributed by atoms with Crippen LogP contribution in [0.4, 0.5) is 0 Å². The number of likely N-dealkylation sites (N-methyl/N-ethyl adjacent to an activating group) is 3. The van der Waals surface area contributed by atoms with E-state index in [1.807, 2.05) is 146 Å². The molecule has 12 N–H and O–H groups in total. The van der Waals surface area contributed by atoms with Crippen LogP contribution in [0.5, 0.6) is 0 Å². The molecule has 0 spiro atoms. The van der Waals surface area contributed by atoms with Crippen LogP contribution in [0.1, 0.15) is 92.7 Å². The zero-order valence-electron chi connectivity index (χ0n) is 62.1. The number of nitrogens with zero attached hydrogens (tertiary/aromatic N) is 4. The number of para-hydroxylation sites is 2. The molecule has 0 bridgehead atoms. The lowest BCUT2D eigenvalue weighted by atomic mass is 9.80. The number of aromatic nitrogens is 2. The molecule has 9 rings (SSSR count). The first-order valence-electron chi connectivity index (χ1n) is 36.4. The maximum Gasteiger partial charge on any atom is 0.326 e. The first-order valence-corrected chi connectivity index (χ1v) is 36.8. The van der Waals surface area contributed by atoms with Crippen molar-refractivity contribution in [2.24, 2.45) is 5.73 Å². The summed E-state index contributed by atoms with van der Waals surface area (Å²) in [4.78, 5) is 180. The molecule has 0 radical (unpaired) electrons. The van der Waals surface area contributed by atoms with Gasteiger partial charge in [-0.25, -0.2) is 4.79 Å². The second-order valence-corrected chi connectivity index (χ2v) is 28.0. The number of benzene rings is 6. The van der Waals surface area contributed by atoms with Gasteiger partial charge in [0.25, 0.3) is 0 Å². The van der Waals surface area contributed by atoms with Crippen LogP contribution in [0.3, 0.4) is 0 Å². The molecule has 0 saturated carbocycles. The van der Waals surface area contributed by atoms with E-state index in [0.29, 0.717) is 57.7 Å². The number of hydrogen-bond acceptors (Lipinski definition) is 14. The Morgan fingerprint density at radius 3 is 1.63 bits per heavy atom. The number of nitrogens with one attached hydrogen (secondary N) is 8. The molecular formula is C81H94ClN13O15. The fourth-order valence-electron chi connectivity index (χ4n) is 13.5. The van der Waals surface area contributed by atoms with Crippen molar-refractivity contribution < 1.29 is 72.5 Å². The molecule has 2 aromatic heterocycles. The van der Waals surface area contributed by atoms with E-state index < -0.39 is 157 Å². The summed E-state index contributed by atoms with van der Waals surface area (Å²) >= 11 is 6.41. The number of rotatable bonds is 37. The maximum atomic E-state index is 15.7. The van der Waals surface area contributed by atoms with E-state index in [4.69, 9.17) is 22.1 Å². The number of carbonyl (C=O) groups excluding carboxylic acids is 10.